The maximum Gasteiger partial charge on any atom is 0.267 e. The number of carbonyl (C=O) groups is 1. The fourth-order valence-corrected chi connectivity index (χ4v) is 4.00. The topological polar surface area (TPSA) is 92.2 Å². The summed E-state index contributed by atoms with van der Waals surface area (Å²) in [6, 6.07) is 6.95. The van der Waals surface area contributed by atoms with Crippen LogP contribution in [0.2, 0.25) is 0 Å². The molecule has 0 unspecified atom stereocenters. The molecule has 0 radical (unpaired) electrons. The average Bonchev–Trinajstić information content (AvgIpc) is 2.80. The predicted octanol–water partition coefficient (Wildman–Crippen LogP) is 4.41. The smallest absolute Gasteiger partial charge is 0.267 e. The number of pyridine rings is 2. The molecule has 0 aliphatic carbocycles. The molecule has 0 saturated carbocycles. The van der Waals surface area contributed by atoms with Crippen LogP contribution in [0.3, 0.4) is 0 Å². The van der Waals surface area contributed by atoms with Crippen LogP contribution in [0.25, 0.3) is 16.7 Å². The first kappa shape index (κ1) is 23.7. The molecule has 0 bridgehead atoms. The molecule has 3 aromatic rings. The number of aryl methyl sites for hydroxylation is 1. The molecule has 0 fully saturated rings. The fraction of sp³-hybridized carbons (Fsp3) is 0.520. The minimum absolute atomic E-state index is 0.117. The molecule has 3 heterocycles. The van der Waals surface area contributed by atoms with E-state index < -0.39 is 0 Å². The Morgan fingerprint density at radius 1 is 1.03 bits per heavy atom. The first-order chi connectivity index (χ1) is 15.6. The van der Waals surface area contributed by atoms with Crippen molar-refractivity contribution in [3.05, 3.63) is 51.9 Å². The van der Waals surface area contributed by atoms with Crippen molar-refractivity contribution in [2.45, 2.75) is 78.2 Å². The lowest BCUT2D eigenvalue weighted by Crippen LogP contribution is -2.35. The standard InChI is InChI=1S/C25H35N5O2/c1-3-5-7-8-9-12-17-30-22(26)19(24(31)27-15-11-6-4-2)18-20-23(30)28-21-14-10-13-16-29(21)25(20)32/h10,13-14,16,18,26H,3-9,11-12,15,17H2,1-2H3,(H,27,31). The zero-order valence-corrected chi connectivity index (χ0v) is 19.3. The Balaban J connectivity index is 2.00. The molecular formula is C25H35N5O2. The second kappa shape index (κ2) is 11.6. The third-order valence-corrected chi connectivity index (χ3v) is 5.86. The number of carbonyl (C=O) groups excluding carboxylic acids is 1. The Morgan fingerprint density at radius 3 is 2.53 bits per heavy atom. The summed E-state index contributed by atoms with van der Waals surface area (Å²) >= 11 is 0. The van der Waals surface area contributed by atoms with Crippen molar-refractivity contribution in [1.29, 1.82) is 5.41 Å². The number of rotatable bonds is 12. The first-order valence-corrected chi connectivity index (χ1v) is 12.0. The lowest BCUT2D eigenvalue weighted by molar-refractivity contribution is 0.0950. The lowest BCUT2D eigenvalue weighted by atomic mass is 10.1. The Hall–Kier alpha value is -2.96. The van der Waals surface area contributed by atoms with Gasteiger partial charge >= 0.3 is 0 Å². The van der Waals surface area contributed by atoms with Crippen molar-refractivity contribution in [2.75, 3.05) is 6.54 Å². The SMILES string of the molecule is CCCCCCCCn1c(=N)c(C(=O)NCCCCC)cc2c(=O)n3ccccc3nc21. The summed E-state index contributed by atoms with van der Waals surface area (Å²) in [4.78, 5) is 30.8. The fourth-order valence-electron chi connectivity index (χ4n) is 4.00. The minimum atomic E-state index is -0.303. The van der Waals surface area contributed by atoms with Gasteiger partial charge in [0.2, 0.25) is 0 Å². The quantitative estimate of drug-likeness (QED) is 0.325. The highest BCUT2D eigenvalue weighted by molar-refractivity contribution is 5.96. The Kier molecular flexibility index (Phi) is 8.59. The molecule has 0 saturated heterocycles. The monoisotopic (exact) mass is 437 g/mol. The third kappa shape index (κ3) is 5.44. The number of unbranched alkanes of at least 4 members (excludes halogenated alkanes) is 7. The van der Waals surface area contributed by atoms with Crippen molar-refractivity contribution in [1.82, 2.24) is 19.3 Å². The van der Waals surface area contributed by atoms with Crippen LogP contribution >= 0.6 is 0 Å². The van der Waals surface area contributed by atoms with E-state index in [0.717, 1.165) is 38.5 Å². The summed E-state index contributed by atoms with van der Waals surface area (Å²) in [6.45, 7) is 5.44. The van der Waals surface area contributed by atoms with Crippen molar-refractivity contribution in [2.24, 2.45) is 0 Å². The van der Waals surface area contributed by atoms with Crippen LogP contribution in [0.4, 0.5) is 0 Å². The van der Waals surface area contributed by atoms with E-state index in [4.69, 9.17) is 5.41 Å². The summed E-state index contributed by atoms with van der Waals surface area (Å²) in [5.41, 5.74) is 1.14. The van der Waals surface area contributed by atoms with E-state index >= 15 is 0 Å². The van der Waals surface area contributed by atoms with Crippen molar-refractivity contribution < 1.29 is 4.79 Å². The second-order valence-corrected chi connectivity index (χ2v) is 8.37. The summed E-state index contributed by atoms with van der Waals surface area (Å²) in [5, 5.41) is 12.0. The van der Waals surface area contributed by atoms with Gasteiger partial charge in [-0.1, -0.05) is 64.9 Å². The number of aromatic nitrogens is 3. The average molecular weight is 438 g/mol. The largest absolute Gasteiger partial charge is 0.352 e. The van der Waals surface area contributed by atoms with Crippen molar-refractivity contribution in [3.63, 3.8) is 0 Å². The number of hydrogen-bond donors (Lipinski definition) is 2. The van der Waals surface area contributed by atoms with Gasteiger partial charge in [-0.15, -0.1) is 0 Å². The minimum Gasteiger partial charge on any atom is -0.352 e. The van der Waals surface area contributed by atoms with Gasteiger partial charge < -0.3 is 9.88 Å². The van der Waals surface area contributed by atoms with E-state index in [2.05, 4.69) is 24.1 Å². The van der Waals surface area contributed by atoms with Gasteiger partial charge in [-0.3, -0.25) is 19.4 Å². The van der Waals surface area contributed by atoms with Crippen LogP contribution in [0.15, 0.2) is 35.3 Å². The van der Waals surface area contributed by atoms with Crippen LogP contribution < -0.4 is 16.4 Å². The molecular weight excluding hydrogens is 402 g/mol. The summed E-state index contributed by atoms with van der Waals surface area (Å²) in [5.74, 6) is -0.303. The number of amides is 1. The molecule has 0 aliphatic heterocycles. The van der Waals surface area contributed by atoms with Crippen LogP contribution in [0.1, 0.15) is 82.0 Å². The Morgan fingerprint density at radius 2 is 1.75 bits per heavy atom. The van der Waals surface area contributed by atoms with Gasteiger partial charge in [-0.25, -0.2) is 4.98 Å². The first-order valence-electron chi connectivity index (χ1n) is 12.0. The van der Waals surface area contributed by atoms with Crippen LogP contribution in [0, 0.1) is 5.41 Å². The van der Waals surface area contributed by atoms with Gasteiger partial charge in [0.25, 0.3) is 11.5 Å². The zero-order chi connectivity index (χ0) is 22.9. The normalized spacial score (nSPS) is 11.3. The van der Waals surface area contributed by atoms with Crippen LogP contribution in [0.5, 0.6) is 0 Å². The zero-order valence-electron chi connectivity index (χ0n) is 19.3. The van der Waals surface area contributed by atoms with Gasteiger partial charge in [-0.2, -0.15) is 0 Å². The molecule has 3 rings (SSSR count). The highest BCUT2D eigenvalue weighted by Gasteiger charge is 2.17. The molecule has 2 N–H and O–H groups in total. The summed E-state index contributed by atoms with van der Waals surface area (Å²) in [7, 11) is 0. The predicted molar refractivity (Wildman–Crippen MR) is 128 cm³/mol. The van der Waals surface area contributed by atoms with Crippen molar-refractivity contribution >= 4 is 22.6 Å². The van der Waals surface area contributed by atoms with Gasteiger partial charge in [-0.05, 0) is 31.0 Å². The number of nitrogens with zero attached hydrogens (tertiary/aromatic N) is 3. The molecule has 0 spiro atoms. The van der Waals surface area contributed by atoms with Crippen molar-refractivity contribution in [3.8, 4) is 0 Å². The van der Waals surface area contributed by atoms with Crippen LogP contribution in [-0.2, 0) is 6.54 Å². The highest BCUT2D eigenvalue weighted by Crippen LogP contribution is 2.12. The van der Waals surface area contributed by atoms with Gasteiger partial charge in [0.15, 0.2) is 0 Å². The molecule has 32 heavy (non-hydrogen) atoms. The maximum atomic E-state index is 13.2. The number of nitrogens with one attached hydrogen (secondary N) is 2. The lowest BCUT2D eigenvalue weighted by Gasteiger charge is -2.15. The van der Waals surface area contributed by atoms with Gasteiger partial charge in [0.1, 0.15) is 16.8 Å². The molecule has 1 amide bonds. The molecule has 0 aromatic carbocycles. The number of hydrogen-bond acceptors (Lipinski definition) is 4. The van der Waals surface area contributed by atoms with Gasteiger partial charge in [0.05, 0.1) is 10.9 Å². The molecule has 7 heteroatoms. The molecule has 3 aromatic heterocycles. The van der Waals surface area contributed by atoms with E-state index in [9.17, 15) is 9.59 Å². The van der Waals surface area contributed by atoms with E-state index in [0.29, 0.717) is 29.8 Å². The van der Waals surface area contributed by atoms with E-state index in [1.165, 1.54) is 23.7 Å². The Bertz CT molecular complexity index is 1180. The van der Waals surface area contributed by atoms with Crippen LogP contribution in [-0.4, -0.2) is 26.4 Å². The Labute approximate surface area is 189 Å². The molecule has 0 aliphatic rings. The third-order valence-electron chi connectivity index (χ3n) is 5.86. The highest BCUT2D eigenvalue weighted by atomic mass is 16.1. The molecule has 0 atom stereocenters. The molecule has 7 nitrogen and oxygen atoms in total. The van der Waals surface area contributed by atoms with E-state index in [-0.39, 0.29) is 22.5 Å². The summed E-state index contributed by atoms with van der Waals surface area (Å²) in [6.07, 6.45) is 11.4. The molecule has 172 valence electrons. The summed E-state index contributed by atoms with van der Waals surface area (Å²) < 4.78 is 3.23. The maximum absolute atomic E-state index is 13.2. The van der Waals surface area contributed by atoms with Gasteiger partial charge in [0, 0.05) is 19.3 Å². The second-order valence-electron chi connectivity index (χ2n) is 8.37. The van der Waals surface area contributed by atoms with E-state index in [1.807, 2.05) is 6.07 Å². The number of fused-ring (bicyclic) bond motifs is 2. The van der Waals surface area contributed by atoms with E-state index in [1.54, 1.807) is 29.0 Å².